The van der Waals surface area contributed by atoms with Gasteiger partial charge in [-0.25, -0.2) is 0 Å². The van der Waals surface area contributed by atoms with E-state index in [0.29, 0.717) is 5.02 Å². The van der Waals surface area contributed by atoms with Crippen molar-refractivity contribution in [1.29, 1.82) is 0 Å². The predicted molar refractivity (Wildman–Crippen MR) is 121 cm³/mol. The molecule has 2 heterocycles. The number of benzene rings is 3. The molecule has 144 valence electrons. The summed E-state index contributed by atoms with van der Waals surface area (Å²) in [7, 11) is 0. The minimum Gasteiger partial charge on any atom is -0.456 e. The molecular formula is C26H17ClN2O. The topological polar surface area (TPSA) is 38.9 Å². The summed E-state index contributed by atoms with van der Waals surface area (Å²) in [5.74, 6) is 1.52. The van der Waals surface area contributed by atoms with E-state index in [4.69, 9.17) is 16.0 Å². The van der Waals surface area contributed by atoms with Gasteiger partial charge in [-0.15, -0.1) is 10.2 Å². The number of rotatable bonds is 4. The Morgan fingerprint density at radius 1 is 0.567 bits per heavy atom. The van der Waals surface area contributed by atoms with Crippen LogP contribution in [0.4, 0.5) is 0 Å². The second-order valence-electron chi connectivity index (χ2n) is 6.89. The molecule has 5 aromatic rings. The first kappa shape index (κ1) is 18.3. The fraction of sp³-hybridized carbons (Fsp3) is 0. The second kappa shape index (κ2) is 7.97. The lowest BCUT2D eigenvalue weighted by Gasteiger charge is -2.09. The predicted octanol–water partition coefficient (Wildman–Crippen LogP) is 7.39. The van der Waals surface area contributed by atoms with E-state index in [1.165, 1.54) is 0 Å². The molecule has 4 heteroatoms. The highest BCUT2D eigenvalue weighted by molar-refractivity contribution is 6.30. The Labute approximate surface area is 179 Å². The van der Waals surface area contributed by atoms with Crippen LogP contribution in [0.3, 0.4) is 0 Å². The van der Waals surface area contributed by atoms with E-state index in [1.807, 2.05) is 103 Å². The summed E-state index contributed by atoms with van der Waals surface area (Å²) < 4.78 is 6.24. The van der Waals surface area contributed by atoms with E-state index in [-0.39, 0.29) is 0 Å². The summed E-state index contributed by atoms with van der Waals surface area (Å²) in [5, 5.41) is 9.74. The van der Waals surface area contributed by atoms with Crippen molar-refractivity contribution in [2.75, 3.05) is 0 Å². The molecule has 0 atom stereocenters. The Morgan fingerprint density at radius 2 is 1.20 bits per heavy atom. The molecule has 3 aromatic carbocycles. The summed E-state index contributed by atoms with van der Waals surface area (Å²) in [4.78, 5) is 0. The molecule has 0 fully saturated rings. The van der Waals surface area contributed by atoms with Gasteiger partial charge in [0.1, 0.15) is 17.2 Å². The molecule has 0 aliphatic rings. The van der Waals surface area contributed by atoms with Crippen molar-refractivity contribution < 1.29 is 4.42 Å². The van der Waals surface area contributed by atoms with E-state index < -0.39 is 0 Å². The van der Waals surface area contributed by atoms with Crippen molar-refractivity contribution in [2.45, 2.75) is 0 Å². The van der Waals surface area contributed by atoms with Crippen LogP contribution in [0.1, 0.15) is 0 Å². The molecule has 0 aliphatic carbocycles. The van der Waals surface area contributed by atoms with Gasteiger partial charge >= 0.3 is 0 Å². The molecule has 0 unspecified atom stereocenters. The fourth-order valence-corrected chi connectivity index (χ4v) is 3.52. The Morgan fingerprint density at radius 3 is 1.90 bits per heavy atom. The lowest BCUT2D eigenvalue weighted by Crippen LogP contribution is -1.95. The third-order valence-corrected chi connectivity index (χ3v) is 5.16. The zero-order valence-corrected chi connectivity index (χ0v) is 16.8. The summed E-state index contributed by atoms with van der Waals surface area (Å²) in [6, 6.07) is 33.6. The molecule has 0 saturated carbocycles. The van der Waals surface area contributed by atoms with Crippen LogP contribution in [0.5, 0.6) is 0 Å². The van der Waals surface area contributed by atoms with Crippen molar-refractivity contribution in [2.24, 2.45) is 0 Å². The quantitative estimate of drug-likeness (QED) is 0.311. The van der Waals surface area contributed by atoms with Gasteiger partial charge < -0.3 is 4.42 Å². The van der Waals surface area contributed by atoms with Crippen molar-refractivity contribution in [3.63, 3.8) is 0 Å². The van der Waals surface area contributed by atoms with Crippen molar-refractivity contribution >= 4 is 11.6 Å². The van der Waals surface area contributed by atoms with Crippen molar-refractivity contribution in [3.8, 4) is 45.2 Å². The minimum absolute atomic E-state index is 0.697. The third kappa shape index (κ3) is 3.63. The first-order valence-corrected chi connectivity index (χ1v) is 10.0. The Hall–Kier alpha value is -3.69. The fourth-order valence-electron chi connectivity index (χ4n) is 3.39. The van der Waals surface area contributed by atoms with Gasteiger partial charge in [0.2, 0.25) is 0 Å². The highest BCUT2D eigenvalue weighted by atomic mass is 35.5. The molecule has 0 bridgehead atoms. The molecule has 5 rings (SSSR count). The highest BCUT2D eigenvalue weighted by Crippen LogP contribution is 2.36. The summed E-state index contributed by atoms with van der Waals surface area (Å²) in [6.07, 6.45) is 0. The van der Waals surface area contributed by atoms with E-state index in [2.05, 4.69) is 10.2 Å². The largest absolute Gasteiger partial charge is 0.456 e. The maximum absolute atomic E-state index is 6.24. The number of nitrogens with zero attached hydrogens (tertiary/aromatic N) is 2. The average Bonchev–Trinajstić information content (AvgIpc) is 3.30. The van der Waals surface area contributed by atoms with Crippen LogP contribution in [0.15, 0.2) is 108 Å². The van der Waals surface area contributed by atoms with Crippen LogP contribution < -0.4 is 0 Å². The van der Waals surface area contributed by atoms with E-state index in [1.54, 1.807) is 0 Å². The van der Waals surface area contributed by atoms with Gasteiger partial charge in [-0.05, 0) is 42.5 Å². The lowest BCUT2D eigenvalue weighted by molar-refractivity contribution is 0.597. The average molecular weight is 409 g/mol. The molecule has 0 radical (unpaired) electrons. The highest BCUT2D eigenvalue weighted by Gasteiger charge is 2.16. The monoisotopic (exact) mass is 408 g/mol. The molecule has 2 aromatic heterocycles. The smallest absolute Gasteiger partial charge is 0.137 e. The van der Waals surface area contributed by atoms with Crippen molar-refractivity contribution in [1.82, 2.24) is 10.2 Å². The van der Waals surface area contributed by atoms with Crippen LogP contribution >= 0.6 is 11.6 Å². The lowest BCUT2D eigenvalue weighted by atomic mass is 10.0. The molecule has 0 amide bonds. The number of furan rings is 1. The second-order valence-corrected chi connectivity index (χ2v) is 7.33. The van der Waals surface area contributed by atoms with Crippen LogP contribution in [-0.2, 0) is 0 Å². The van der Waals surface area contributed by atoms with Gasteiger partial charge in [-0.1, -0.05) is 72.3 Å². The number of halogens is 1. The maximum atomic E-state index is 6.24. The standard InChI is InChI=1S/C26H17ClN2O/c27-21-13-11-19(12-14-21)24-15-16-25(30-24)22-17-23(18-7-3-1-4-8-18)28-29-26(22)20-9-5-2-6-10-20/h1-17H. The zero-order valence-electron chi connectivity index (χ0n) is 16.0. The first-order valence-electron chi connectivity index (χ1n) is 9.63. The van der Waals surface area contributed by atoms with Gasteiger partial charge in [0.15, 0.2) is 0 Å². The number of hydrogen-bond acceptors (Lipinski definition) is 3. The van der Waals surface area contributed by atoms with Gasteiger partial charge in [0, 0.05) is 27.3 Å². The molecule has 3 nitrogen and oxygen atoms in total. The van der Waals surface area contributed by atoms with Crippen LogP contribution in [0, 0.1) is 0 Å². The first-order chi connectivity index (χ1) is 14.8. The van der Waals surface area contributed by atoms with Gasteiger partial charge in [0.05, 0.1) is 5.69 Å². The van der Waals surface area contributed by atoms with Crippen molar-refractivity contribution in [3.05, 3.63) is 108 Å². The minimum atomic E-state index is 0.697. The Kier molecular flexibility index (Phi) is 4.88. The van der Waals surface area contributed by atoms with E-state index >= 15 is 0 Å². The van der Waals surface area contributed by atoms with Crippen LogP contribution in [-0.4, -0.2) is 10.2 Å². The van der Waals surface area contributed by atoms with Crippen LogP contribution in [0.2, 0.25) is 5.02 Å². The molecule has 0 aliphatic heterocycles. The Bertz CT molecular complexity index is 1280. The van der Waals surface area contributed by atoms with Crippen LogP contribution in [0.25, 0.3) is 45.2 Å². The molecule has 0 saturated heterocycles. The molecule has 0 spiro atoms. The number of hydrogen-bond donors (Lipinski definition) is 0. The third-order valence-electron chi connectivity index (χ3n) is 4.91. The molecule has 0 N–H and O–H groups in total. The zero-order chi connectivity index (χ0) is 20.3. The molecular weight excluding hydrogens is 392 g/mol. The summed E-state index contributed by atoms with van der Waals surface area (Å²) >= 11 is 6.02. The number of aromatic nitrogens is 2. The SMILES string of the molecule is Clc1ccc(-c2ccc(-c3cc(-c4ccccc4)nnc3-c3ccccc3)o2)cc1. The van der Waals surface area contributed by atoms with Gasteiger partial charge in [0.25, 0.3) is 0 Å². The van der Waals surface area contributed by atoms with Gasteiger partial charge in [-0.2, -0.15) is 0 Å². The van der Waals surface area contributed by atoms with E-state index in [0.717, 1.165) is 45.2 Å². The summed E-state index contributed by atoms with van der Waals surface area (Å²) in [5.41, 5.74) is 5.45. The normalized spacial score (nSPS) is 10.8. The molecule has 30 heavy (non-hydrogen) atoms. The maximum Gasteiger partial charge on any atom is 0.137 e. The summed E-state index contributed by atoms with van der Waals surface area (Å²) in [6.45, 7) is 0. The van der Waals surface area contributed by atoms with E-state index in [9.17, 15) is 0 Å². The Balaban J connectivity index is 1.64. The van der Waals surface area contributed by atoms with Gasteiger partial charge in [-0.3, -0.25) is 0 Å².